The van der Waals surface area contributed by atoms with Crippen molar-refractivity contribution in [2.45, 2.75) is 26.1 Å². The van der Waals surface area contributed by atoms with E-state index in [9.17, 15) is 9.90 Å². The van der Waals surface area contributed by atoms with E-state index in [1.165, 1.54) is 36.8 Å². The number of fused-ring (bicyclic) bond motifs is 4. The molecular weight excluding hydrogens is 525 g/mol. The Kier molecular flexibility index (Phi) is 6.41. The van der Waals surface area contributed by atoms with Crippen LogP contribution in [-0.4, -0.2) is 51.0 Å². The molecule has 2 aromatic carbocycles. The lowest BCUT2D eigenvalue weighted by atomic mass is 10.1. The molecule has 0 radical (unpaired) electrons. The maximum absolute atomic E-state index is 15.0. The van der Waals surface area contributed by atoms with Crippen molar-refractivity contribution in [3.8, 4) is 22.2 Å². The van der Waals surface area contributed by atoms with Crippen molar-refractivity contribution in [1.29, 1.82) is 0 Å². The van der Waals surface area contributed by atoms with E-state index in [4.69, 9.17) is 19.2 Å². The lowest BCUT2D eigenvalue weighted by Gasteiger charge is -2.12. The van der Waals surface area contributed by atoms with Crippen LogP contribution in [0.2, 0.25) is 0 Å². The Morgan fingerprint density at radius 3 is 2.92 bits per heavy atom. The van der Waals surface area contributed by atoms with Crippen LogP contribution in [0.25, 0.3) is 31.8 Å². The largest absolute Gasteiger partial charge is 0.483 e. The molecular formula is C27H22FN5O5S. The van der Waals surface area contributed by atoms with Crippen LogP contribution < -0.4 is 14.8 Å². The Balaban J connectivity index is 1.24. The number of aromatic nitrogens is 4. The van der Waals surface area contributed by atoms with Crippen molar-refractivity contribution in [3.63, 3.8) is 0 Å². The Hall–Kier alpha value is -4.42. The van der Waals surface area contributed by atoms with E-state index in [1.54, 1.807) is 12.3 Å². The number of aryl methyl sites for hydroxylation is 1. The van der Waals surface area contributed by atoms with Crippen LogP contribution in [0.1, 0.15) is 16.8 Å². The second kappa shape index (κ2) is 10.0. The van der Waals surface area contributed by atoms with Crippen LogP contribution in [0.5, 0.6) is 11.6 Å². The fraction of sp³-hybridized carbons (Fsp3) is 0.222. The number of hydrogen-bond donors (Lipinski definition) is 2. The highest BCUT2D eigenvalue weighted by molar-refractivity contribution is 7.22. The molecule has 0 saturated heterocycles. The number of thiazole rings is 1. The number of carbonyl (C=O) groups is 1. The van der Waals surface area contributed by atoms with E-state index in [0.717, 1.165) is 15.8 Å². The van der Waals surface area contributed by atoms with Gasteiger partial charge in [0.1, 0.15) is 17.7 Å². The van der Waals surface area contributed by atoms with Crippen molar-refractivity contribution < 1.29 is 28.5 Å². The minimum atomic E-state index is -0.695. The summed E-state index contributed by atoms with van der Waals surface area (Å²) >= 11 is 1.43. The Labute approximate surface area is 225 Å². The van der Waals surface area contributed by atoms with Gasteiger partial charge in [0, 0.05) is 35.5 Å². The Morgan fingerprint density at radius 1 is 1.23 bits per heavy atom. The number of methoxy groups -OCH3 is 1. The first kappa shape index (κ1) is 24.9. The van der Waals surface area contributed by atoms with Gasteiger partial charge in [-0.25, -0.2) is 24.1 Å². The average molecular weight is 548 g/mol. The summed E-state index contributed by atoms with van der Waals surface area (Å²) in [6, 6.07) is 8.38. The molecule has 1 atom stereocenters. The number of benzene rings is 2. The summed E-state index contributed by atoms with van der Waals surface area (Å²) in [5, 5.41) is 12.5. The predicted molar refractivity (Wildman–Crippen MR) is 143 cm³/mol. The quantitative estimate of drug-likeness (QED) is 0.308. The van der Waals surface area contributed by atoms with Gasteiger partial charge in [0.25, 0.3) is 0 Å². The fourth-order valence-electron chi connectivity index (χ4n) is 4.51. The predicted octanol–water partition coefficient (Wildman–Crippen LogP) is 4.80. The van der Waals surface area contributed by atoms with Crippen molar-refractivity contribution in [2.75, 3.05) is 19.0 Å². The number of aliphatic hydroxyl groups excluding tert-OH is 1. The molecule has 4 heterocycles. The van der Waals surface area contributed by atoms with E-state index in [2.05, 4.69) is 20.3 Å². The number of rotatable bonds is 6. The van der Waals surface area contributed by atoms with Crippen LogP contribution in [0, 0.1) is 12.7 Å². The van der Waals surface area contributed by atoms with E-state index in [-0.39, 0.29) is 19.0 Å². The monoisotopic (exact) mass is 547 g/mol. The van der Waals surface area contributed by atoms with Gasteiger partial charge in [0.15, 0.2) is 11.6 Å². The standard InChI is InChI=1S/C27H22FN5O5S/c1-13-5-17(23-20(6-13)32-22(36-2)10-30-23)26-33-21-9-19(28)24-18(25(21)39-26)8-16(38-24)12-37-27(35)31-14-3-4-29-15(7-14)11-34/h3-7,9-10,16,34H,8,11-12H2,1-2H3,(H,29,31,35)/t16-/m1/s1. The number of anilines is 1. The minimum absolute atomic E-state index is 0.0784. The second-order valence-corrected chi connectivity index (χ2v) is 9.99. The van der Waals surface area contributed by atoms with E-state index in [0.29, 0.717) is 50.8 Å². The number of nitrogens with zero attached hydrogens (tertiary/aromatic N) is 4. The molecule has 39 heavy (non-hydrogen) atoms. The minimum Gasteiger partial charge on any atom is -0.483 e. The Morgan fingerprint density at radius 2 is 2.10 bits per heavy atom. The molecule has 0 unspecified atom stereocenters. The van der Waals surface area contributed by atoms with E-state index in [1.807, 2.05) is 19.1 Å². The number of ether oxygens (including phenoxy) is 3. The maximum Gasteiger partial charge on any atom is 0.411 e. The number of aliphatic hydroxyl groups is 1. The summed E-state index contributed by atoms with van der Waals surface area (Å²) < 4.78 is 32.2. The fourth-order valence-corrected chi connectivity index (χ4v) is 5.62. The number of amides is 1. The van der Waals surface area contributed by atoms with Gasteiger partial charge < -0.3 is 19.3 Å². The third kappa shape index (κ3) is 4.79. The van der Waals surface area contributed by atoms with Crippen LogP contribution in [0.15, 0.2) is 42.7 Å². The normalized spacial score (nSPS) is 14.3. The van der Waals surface area contributed by atoms with Crippen molar-refractivity contribution in [1.82, 2.24) is 19.9 Å². The number of pyridine rings is 1. The first-order valence-corrected chi connectivity index (χ1v) is 12.8. The number of carbonyl (C=O) groups excluding carboxylic acids is 1. The van der Waals surface area contributed by atoms with Gasteiger partial charge in [-0.15, -0.1) is 11.3 Å². The van der Waals surface area contributed by atoms with Crippen LogP contribution in [0.3, 0.4) is 0 Å². The second-order valence-electron chi connectivity index (χ2n) is 8.99. The van der Waals surface area contributed by atoms with Crippen molar-refractivity contribution >= 4 is 44.4 Å². The first-order chi connectivity index (χ1) is 18.9. The number of halogens is 1. The SMILES string of the molecule is COc1cnc2c(-c3nc4cc(F)c5c(c4s3)C[C@H](COC(=O)Nc3ccnc(CO)c3)O5)cc(C)cc2n1. The molecule has 0 spiro atoms. The van der Waals surface area contributed by atoms with Crippen LogP contribution >= 0.6 is 11.3 Å². The molecule has 2 N–H and O–H groups in total. The van der Waals surface area contributed by atoms with Gasteiger partial charge in [-0.1, -0.05) is 0 Å². The maximum atomic E-state index is 15.0. The van der Waals surface area contributed by atoms with Gasteiger partial charge in [-0.3, -0.25) is 10.3 Å². The third-order valence-electron chi connectivity index (χ3n) is 6.23. The summed E-state index contributed by atoms with van der Waals surface area (Å²) in [5.41, 5.74) is 5.18. The van der Waals surface area contributed by atoms with Gasteiger partial charge in [-0.05, 0) is 36.8 Å². The summed E-state index contributed by atoms with van der Waals surface area (Å²) in [6.07, 6.45) is 2.13. The smallest absolute Gasteiger partial charge is 0.411 e. The molecule has 1 aliphatic rings. The van der Waals surface area contributed by atoms with Crippen molar-refractivity contribution in [3.05, 3.63) is 65.4 Å². The van der Waals surface area contributed by atoms with E-state index >= 15 is 4.39 Å². The van der Waals surface area contributed by atoms with Gasteiger partial charge >= 0.3 is 6.09 Å². The van der Waals surface area contributed by atoms with Crippen molar-refractivity contribution in [2.24, 2.45) is 0 Å². The molecule has 5 aromatic rings. The first-order valence-electron chi connectivity index (χ1n) is 12.0. The summed E-state index contributed by atoms with van der Waals surface area (Å²) in [4.78, 5) is 30.0. The highest BCUT2D eigenvalue weighted by atomic mass is 32.1. The molecule has 3 aromatic heterocycles. The lowest BCUT2D eigenvalue weighted by Crippen LogP contribution is -2.25. The molecule has 10 nitrogen and oxygen atoms in total. The highest BCUT2D eigenvalue weighted by Crippen LogP contribution is 2.43. The highest BCUT2D eigenvalue weighted by Gasteiger charge is 2.31. The molecule has 0 fully saturated rings. The molecule has 0 bridgehead atoms. The average Bonchev–Trinajstić information content (AvgIpc) is 3.56. The van der Waals surface area contributed by atoms with Gasteiger partial charge in [0.2, 0.25) is 5.88 Å². The van der Waals surface area contributed by atoms with Crippen LogP contribution in [-0.2, 0) is 17.8 Å². The van der Waals surface area contributed by atoms with Crippen LogP contribution in [0.4, 0.5) is 14.9 Å². The van der Waals surface area contributed by atoms with Gasteiger partial charge in [-0.2, -0.15) is 0 Å². The summed E-state index contributed by atoms with van der Waals surface area (Å²) in [6.45, 7) is 1.63. The van der Waals surface area contributed by atoms with Gasteiger partial charge in [0.05, 0.1) is 46.9 Å². The molecule has 6 rings (SSSR count). The number of hydrogen-bond acceptors (Lipinski definition) is 10. The number of nitrogens with one attached hydrogen (secondary N) is 1. The molecule has 1 amide bonds. The zero-order valence-electron chi connectivity index (χ0n) is 20.9. The topological polar surface area (TPSA) is 129 Å². The zero-order chi connectivity index (χ0) is 27.1. The molecule has 12 heteroatoms. The zero-order valence-corrected chi connectivity index (χ0v) is 21.7. The molecule has 1 aliphatic heterocycles. The van der Waals surface area contributed by atoms with E-state index < -0.39 is 18.0 Å². The summed E-state index contributed by atoms with van der Waals surface area (Å²) in [5.74, 6) is 0.0401. The molecule has 0 saturated carbocycles. The Bertz CT molecular complexity index is 1740. The molecule has 0 aliphatic carbocycles. The summed E-state index contributed by atoms with van der Waals surface area (Å²) in [7, 11) is 1.54. The third-order valence-corrected chi connectivity index (χ3v) is 7.40. The lowest BCUT2D eigenvalue weighted by molar-refractivity contribution is 0.100. The molecule has 198 valence electrons.